The monoisotopic (exact) mass is 472 g/mol. The largest absolute Gasteiger partial charge is 0.463 e. The van der Waals surface area contributed by atoms with E-state index in [1.54, 1.807) is 19.2 Å². The number of carbonyl (C=O) groups excluding carboxylic acids is 1. The van der Waals surface area contributed by atoms with Crippen molar-refractivity contribution in [2.45, 2.75) is 13.5 Å². The highest BCUT2D eigenvalue weighted by molar-refractivity contribution is 5.87. The fourth-order valence-corrected chi connectivity index (χ4v) is 4.02. The fourth-order valence-electron chi connectivity index (χ4n) is 4.02. The molecule has 0 spiro atoms. The molecular weight excluding hydrogens is 440 g/mol. The molecular formula is C27H32N6O2. The van der Waals surface area contributed by atoms with Crippen molar-refractivity contribution in [1.82, 2.24) is 19.9 Å². The van der Waals surface area contributed by atoms with E-state index in [1.165, 1.54) is 11.6 Å². The lowest BCUT2D eigenvalue weighted by Crippen LogP contribution is -2.47. The van der Waals surface area contributed by atoms with E-state index < -0.39 is 0 Å². The zero-order valence-corrected chi connectivity index (χ0v) is 20.6. The molecule has 1 aromatic carbocycles. The van der Waals surface area contributed by atoms with Crippen molar-refractivity contribution in [3.05, 3.63) is 72.2 Å². The van der Waals surface area contributed by atoms with Gasteiger partial charge in [0.25, 0.3) is 0 Å². The van der Waals surface area contributed by atoms with Gasteiger partial charge in [-0.15, -0.1) is 0 Å². The third-order valence-electron chi connectivity index (χ3n) is 5.75. The van der Waals surface area contributed by atoms with Crippen molar-refractivity contribution < 1.29 is 9.53 Å². The minimum Gasteiger partial charge on any atom is -0.463 e. The molecule has 8 nitrogen and oxygen atoms in total. The molecule has 1 fully saturated rings. The highest BCUT2D eigenvalue weighted by Gasteiger charge is 2.20. The average molecular weight is 473 g/mol. The molecule has 2 aromatic heterocycles. The second-order valence-electron chi connectivity index (χ2n) is 8.72. The summed E-state index contributed by atoms with van der Waals surface area (Å²) in [5.74, 6) is 1.33. The van der Waals surface area contributed by atoms with Crippen LogP contribution in [0.3, 0.4) is 0 Å². The Kier molecular flexibility index (Phi) is 8.05. The quantitative estimate of drug-likeness (QED) is 0.364. The number of esters is 1. The van der Waals surface area contributed by atoms with Gasteiger partial charge < -0.3 is 19.4 Å². The van der Waals surface area contributed by atoms with Crippen molar-refractivity contribution >= 4 is 23.8 Å². The summed E-state index contributed by atoms with van der Waals surface area (Å²) in [6, 6.07) is 12.5. The molecule has 4 rings (SSSR count). The zero-order chi connectivity index (χ0) is 24.6. The summed E-state index contributed by atoms with van der Waals surface area (Å²) in [6.07, 6.45) is 8.73. The van der Waals surface area contributed by atoms with E-state index in [-0.39, 0.29) is 5.97 Å². The van der Waals surface area contributed by atoms with Gasteiger partial charge in [0.05, 0.1) is 6.61 Å². The Labute approximate surface area is 206 Å². The maximum absolute atomic E-state index is 11.5. The second-order valence-corrected chi connectivity index (χ2v) is 8.72. The number of aromatic nitrogens is 3. The molecule has 3 heterocycles. The zero-order valence-electron chi connectivity index (χ0n) is 20.6. The third kappa shape index (κ3) is 6.64. The molecule has 0 saturated carbocycles. The average Bonchev–Trinajstić information content (AvgIpc) is 2.88. The molecule has 0 N–H and O–H groups in total. The first-order chi connectivity index (χ1) is 17.0. The highest BCUT2D eigenvalue weighted by atomic mass is 16.5. The Morgan fingerprint density at radius 2 is 1.71 bits per heavy atom. The predicted molar refractivity (Wildman–Crippen MR) is 139 cm³/mol. The Morgan fingerprint density at radius 1 is 0.971 bits per heavy atom. The van der Waals surface area contributed by atoms with Crippen LogP contribution in [0.5, 0.6) is 0 Å². The number of rotatable bonds is 8. The predicted octanol–water partition coefficient (Wildman–Crippen LogP) is 3.50. The molecule has 3 aromatic rings. The SMILES string of the molecule is CCOC(=O)/C=C/c1ccc(N2CCN(c3ncc(-c4cccc(CN(C)C)c4)cn3)CC2)nc1. The first-order valence-electron chi connectivity index (χ1n) is 11.9. The minimum atomic E-state index is -0.346. The van der Waals surface area contributed by atoms with Crippen molar-refractivity contribution in [3.8, 4) is 11.1 Å². The molecule has 0 unspecified atom stereocenters. The van der Waals surface area contributed by atoms with E-state index >= 15 is 0 Å². The number of hydrogen-bond acceptors (Lipinski definition) is 8. The molecule has 8 heteroatoms. The fraction of sp³-hybridized carbons (Fsp3) is 0.333. The maximum atomic E-state index is 11.5. The topological polar surface area (TPSA) is 74.7 Å². The van der Waals surface area contributed by atoms with Crippen LogP contribution in [0.4, 0.5) is 11.8 Å². The Bertz CT molecular complexity index is 1140. The van der Waals surface area contributed by atoms with Gasteiger partial charge >= 0.3 is 5.97 Å². The lowest BCUT2D eigenvalue weighted by molar-refractivity contribution is -0.137. The molecule has 0 amide bonds. The van der Waals surface area contributed by atoms with Crippen LogP contribution in [0.1, 0.15) is 18.1 Å². The van der Waals surface area contributed by atoms with E-state index in [0.717, 1.165) is 61.2 Å². The van der Waals surface area contributed by atoms with Gasteiger partial charge in [-0.25, -0.2) is 19.7 Å². The van der Waals surface area contributed by atoms with Crippen LogP contribution >= 0.6 is 0 Å². The second kappa shape index (κ2) is 11.6. The molecule has 0 atom stereocenters. The number of pyridine rings is 1. The van der Waals surface area contributed by atoms with Crippen LogP contribution in [-0.2, 0) is 16.1 Å². The van der Waals surface area contributed by atoms with Gasteiger partial charge in [0.15, 0.2) is 0 Å². The smallest absolute Gasteiger partial charge is 0.330 e. The van der Waals surface area contributed by atoms with E-state index in [0.29, 0.717) is 6.61 Å². The lowest BCUT2D eigenvalue weighted by atomic mass is 10.1. The van der Waals surface area contributed by atoms with E-state index in [1.807, 2.05) is 24.5 Å². The molecule has 0 radical (unpaired) electrons. The van der Waals surface area contributed by atoms with Crippen LogP contribution in [0.25, 0.3) is 17.2 Å². The molecule has 1 aliphatic rings. The molecule has 35 heavy (non-hydrogen) atoms. The number of benzene rings is 1. The molecule has 1 aliphatic heterocycles. The van der Waals surface area contributed by atoms with Gasteiger partial charge in [-0.05, 0) is 62.0 Å². The summed E-state index contributed by atoms with van der Waals surface area (Å²) in [7, 11) is 4.14. The lowest BCUT2D eigenvalue weighted by Gasteiger charge is -2.35. The summed E-state index contributed by atoms with van der Waals surface area (Å²) >= 11 is 0. The van der Waals surface area contributed by atoms with Crippen molar-refractivity contribution in [3.63, 3.8) is 0 Å². The number of nitrogens with zero attached hydrogens (tertiary/aromatic N) is 6. The summed E-state index contributed by atoms with van der Waals surface area (Å²) < 4.78 is 4.90. The summed E-state index contributed by atoms with van der Waals surface area (Å²) in [4.78, 5) is 31.9. The highest BCUT2D eigenvalue weighted by Crippen LogP contribution is 2.22. The number of ether oxygens (including phenoxy) is 1. The van der Waals surface area contributed by atoms with Crippen LogP contribution in [0.2, 0.25) is 0 Å². The molecule has 1 saturated heterocycles. The van der Waals surface area contributed by atoms with Crippen molar-refractivity contribution in [2.24, 2.45) is 0 Å². The maximum Gasteiger partial charge on any atom is 0.330 e. The van der Waals surface area contributed by atoms with Gasteiger partial charge in [-0.2, -0.15) is 0 Å². The van der Waals surface area contributed by atoms with Crippen LogP contribution < -0.4 is 9.80 Å². The number of piperazine rings is 1. The number of anilines is 2. The first-order valence-corrected chi connectivity index (χ1v) is 11.9. The summed E-state index contributed by atoms with van der Waals surface area (Å²) in [5.41, 5.74) is 4.28. The summed E-state index contributed by atoms with van der Waals surface area (Å²) in [5, 5.41) is 0. The van der Waals surface area contributed by atoms with Crippen molar-refractivity contribution in [2.75, 3.05) is 56.7 Å². The van der Waals surface area contributed by atoms with Gasteiger partial charge in [0, 0.05) is 63.0 Å². The van der Waals surface area contributed by atoms with Gasteiger partial charge in [-0.3, -0.25) is 0 Å². The van der Waals surface area contributed by atoms with Gasteiger partial charge in [-0.1, -0.05) is 18.2 Å². The molecule has 0 aliphatic carbocycles. The van der Waals surface area contributed by atoms with E-state index in [2.05, 4.69) is 68.0 Å². The van der Waals surface area contributed by atoms with Gasteiger partial charge in [0.2, 0.25) is 5.95 Å². The minimum absolute atomic E-state index is 0.346. The van der Waals surface area contributed by atoms with E-state index in [4.69, 9.17) is 4.74 Å². The van der Waals surface area contributed by atoms with E-state index in [9.17, 15) is 4.79 Å². The Morgan fingerprint density at radius 3 is 2.37 bits per heavy atom. The molecule has 0 bridgehead atoms. The normalized spacial score (nSPS) is 14.1. The standard InChI is InChI=1S/C27H32N6O2/c1-4-35-26(34)11-9-21-8-10-25(28-17-21)32-12-14-33(15-13-32)27-29-18-24(19-30-27)23-7-5-6-22(16-23)20-31(2)3/h5-11,16-19H,4,12-15,20H2,1-3H3/b11-9+. The Hall–Kier alpha value is -3.78. The first kappa shape index (κ1) is 24.3. The van der Waals surface area contributed by atoms with Gasteiger partial charge in [0.1, 0.15) is 5.82 Å². The van der Waals surface area contributed by atoms with Crippen LogP contribution in [0, 0.1) is 0 Å². The Balaban J connectivity index is 1.33. The third-order valence-corrected chi connectivity index (χ3v) is 5.75. The number of hydrogen-bond donors (Lipinski definition) is 0. The van der Waals surface area contributed by atoms with Crippen LogP contribution in [-0.4, -0.2) is 72.7 Å². The molecule has 182 valence electrons. The summed E-state index contributed by atoms with van der Waals surface area (Å²) in [6.45, 7) is 6.38. The van der Waals surface area contributed by atoms with Crippen molar-refractivity contribution in [1.29, 1.82) is 0 Å². The number of carbonyl (C=O) groups is 1. The van der Waals surface area contributed by atoms with Crippen LogP contribution in [0.15, 0.2) is 61.1 Å².